The molecule has 0 aliphatic heterocycles. The van der Waals surface area contributed by atoms with Crippen LogP contribution >= 0.6 is 0 Å². The van der Waals surface area contributed by atoms with Crippen LogP contribution < -0.4 is 10.1 Å². The molecule has 0 saturated heterocycles. The normalized spacial score (nSPS) is 23.4. The van der Waals surface area contributed by atoms with Gasteiger partial charge in [-0.25, -0.2) is 4.98 Å². The number of ether oxygens (including phenoxy) is 1. The average molecular weight is 259 g/mol. The molecule has 4 heteroatoms. The summed E-state index contributed by atoms with van der Waals surface area (Å²) in [4.78, 5) is 4.19. The Balaban J connectivity index is 1.98. The monoisotopic (exact) mass is 259 g/mol. The fourth-order valence-electron chi connectivity index (χ4n) is 2.69. The molecule has 1 aliphatic carbocycles. The maximum Gasteiger partial charge on any atom is 0.217 e. The van der Waals surface area contributed by atoms with Crippen molar-refractivity contribution in [1.82, 2.24) is 10.3 Å². The number of hydrogen-bond donors (Lipinski definition) is 1. The second kappa shape index (κ2) is 7.10. The molecular weight excluding hydrogens is 238 g/mol. The molecule has 2 atom stereocenters. The molecule has 1 heterocycles. The third-order valence-electron chi connectivity index (χ3n) is 3.78. The summed E-state index contributed by atoms with van der Waals surface area (Å²) in [6.45, 7) is 0.708. The zero-order chi connectivity index (χ0) is 13.5. The summed E-state index contributed by atoms with van der Waals surface area (Å²) >= 11 is 0. The van der Waals surface area contributed by atoms with Crippen LogP contribution in [0, 0.1) is 17.2 Å². The molecule has 2 rings (SSSR count). The maximum absolute atomic E-state index is 9.26. The van der Waals surface area contributed by atoms with Gasteiger partial charge in [0.1, 0.15) is 0 Å². The lowest BCUT2D eigenvalue weighted by Gasteiger charge is -2.21. The predicted molar refractivity (Wildman–Crippen MR) is 73.6 cm³/mol. The van der Waals surface area contributed by atoms with Gasteiger partial charge in [-0.05, 0) is 18.9 Å². The predicted octanol–water partition coefficient (Wildman–Crippen LogP) is 2.65. The van der Waals surface area contributed by atoms with Gasteiger partial charge in [0.2, 0.25) is 5.88 Å². The Kier molecular flexibility index (Phi) is 5.17. The van der Waals surface area contributed by atoms with Gasteiger partial charge < -0.3 is 10.1 Å². The highest BCUT2D eigenvalue weighted by molar-refractivity contribution is 5.25. The van der Waals surface area contributed by atoms with Crippen molar-refractivity contribution < 1.29 is 4.74 Å². The zero-order valence-electron chi connectivity index (χ0n) is 11.4. The lowest BCUT2D eigenvalue weighted by molar-refractivity contribution is 0.372. The molecule has 1 aliphatic rings. The minimum Gasteiger partial charge on any atom is -0.481 e. The Hall–Kier alpha value is -1.60. The summed E-state index contributed by atoms with van der Waals surface area (Å²) in [6.07, 6.45) is 7.45. The number of aromatic nitrogens is 1. The van der Waals surface area contributed by atoms with Gasteiger partial charge >= 0.3 is 0 Å². The van der Waals surface area contributed by atoms with Gasteiger partial charge in [-0.15, -0.1) is 0 Å². The number of rotatable bonds is 4. The van der Waals surface area contributed by atoms with E-state index in [1.54, 1.807) is 13.3 Å². The Bertz CT molecular complexity index is 441. The van der Waals surface area contributed by atoms with Crippen LogP contribution in [-0.2, 0) is 6.54 Å². The molecule has 2 unspecified atom stereocenters. The Morgan fingerprint density at radius 2 is 2.26 bits per heavy atom. The van der Waals surface area contributed by atoms with E-state index in [-0.39, 0.29) is 12.0 Å². The van der Waals surface area contributed by atoms with Crippen LogP contribution in [0.25, 0.3) is 0 Å². The lowest BCUT2D eigenvalue weighted by atomic mass is 9.96. The molecule has 19 heavy (non-hydrogen) atoms. The topological polar surface area (TPSA) is 57.9 Å². The van der Waals surface area contributed by atoms with Crippen molar-refractivity contribution in [3.05, 3.63) is 23.9 Å². The summed E-state index contributed by atoms with van der Waals surface area (Å²) in [7, 11) is 1.63. The average Bonchev–Trinajstić information content (AvgIpc) is 2.70. The van der Waals surface area contributed by atoms with Gasteiger partial charge in [0.25, 0.3) is 0 Å². The van der Waals surface area contributed by atoms with Crippen LogP contribution in [0.4, 0.5) is 0 Å². The summed E-state index contributed by atoms with van der Waals surface area (Å²) in [6, 6.07) is 6.66. The van der Waals surface area contributed by atoms with Gasteiger partial charge in [-0.3, -0.25) is 0 Å². The van der Waals surface area contributed by atoms with E-state index in [2.05, 4.69) is 16.4 Å². The van der Waals surface area contributed by atoms with Crippen molar-refractivity contribution in [3.63, 3.8) is 0 Å². The van der Waals surface area contributed by atoms with E-state index >= 15 is 0 Å². The van der Waals surface area contributed by atoms with Crippen molar-refractivity contribution in [1.29, 1.82) is 5.26 Å². The number of nitrogens with zero attached hydrogens (tertiary/aromatic N) is 2. The highest BCUT2D eigenvalue weighted by atomic mass is 16.5. The number of nitriles is 1. The quantitative estimate of drug-likeness (QED) is 0.844. The van der Waals surface area contributed by atoms with Crippen LogP contribution in [0.3, 0.4) is 0 Å². The summed E-state index contributed by atoms with van der Waals surface area (Å²) < 4.78 is 5.25. The molecule has 0 bridgehead atoms. The minimum atomic E-state index is 0.130. The van der Waals surface area contributed by atoms with Crippen molar-refractivity contribution >= 4 is 0 Å². The third-order valence-corrected chi connectivity index (χ3v) is 3.78. The summed E-state index contributed by atoms with van der Waals surface area (Å²) in [5.74, 6) is 0.794. The Labute approximate surface area is 114 Å². The fraction of sp³-hybridized carbons (Fsp3) is 0.600. The number of nitrogens with one attached hydrogen (secondary N) is 1. The second-order valence-electron chi connectivity index (χ2n) is 5.03. The van der Waals surface area contributed by atoms with Crippen molar-refractivity contribution in [3.8, 4) is 11.9 Å². The molecule has 4 nitrogen and oxygen atoms in total. The van der Waals surface area contributed by atoms with E-state index in [9.17, 15) is 5.26 Å². The van der Waals surface area contributed by atoms with Gasteiger partial charge in [0.05, 0.1) is 19.1 Å². The van der Waals surface area contributed by atoms with Crippen LogP contribution in [-0.4, -0.2) is 18.1 Å². The third kappa shape index (κ3) is 3.68. The molecule has 102 valence electrons. The molecule has 0 aromatic carbocycles. The highest BCUT2D eigenvalue weighted by Gasteiger charge is 2.23. The minimum absolute atomic E-state index is 0.130. The molecule has 0 radical (unpaired) electrons. The number of methoxy groups -OCH3 is 1. The molecule has 1 aromatic rings. The van der Waals surface area contributed by atoms with Gasteiger partial charge in [-0.1, -0.05) is 25.3 Å². The van der Waals surface area contributed by atoms with E-state index in [0.29, 0.717) is 12.4 Å². The van der Waals surface area contributed by atoms with Crippen molar-refractivity contribution in [2.24, 2.45) is 5.92 Å². The van der Waals surface area contributed by atoms with E-state index in [1.807, 2.05) is 12.1 Å². The van der Waals surface area contributed by atoms with Crippen LogP contribution in [0.15, 0.2) is 18.3 Å². The standard InChI is InChI=1S/C15H21N3O/c1-19-15-13(7-5-9-17-15)11-18-14-8-4-2-3-6-12(14)10-16/h5,7,9,12,14,18H,2-4,6,8,11H2,1H3. The van der Waals surface area contributed by atoms with E-state index in [1.165, 1.54) is 19.3 Å². The van der Waals surface area contributed by atoms with Crippen LogP contribution in [0.5, 0.6) is 5.88 Å². The SMILES string of the molecule is COc1ncccc1CNC1CCCCCC1C#N. The first-order chi connectivity index (χ1) is 9.35. The lowest BCUT2D eigenvalue weighted by Crippen LogP contribution is -2.34. The molecule has 1 N–H and O–H groups in total. The molecular formula is C15H21N3O. The molecule has 0 spiro atoms. The molecule has 0 amide bonds. The van der Waals surface area contributed by atoms with Gasteiger partial charge in [-0.2, -0.15) is 5.26 Å². The van der Waals surface area contributed by atoms with E-state index in [4.69, 9.17) is 4.74 Å². The van der Waals surface area contributed by atoms with Crippen LogP contribution in [0.1, 0.15) is 37.7 Å². The smallest absolute Gasteiger partial charge is 0.217 e. The Morgan fingerprint density at radius 1 is 1.42 bits per heavy atom. The zero-order valence-corrected chi connectivity index (χ0v) is 11.4. The van der Waals surface area contributed by atoms with E-state index < -0.39 is 0 Å². The van der Waals surface area contributed by atoms with E-state index in [0.717, 1.165) is 18.4 Å². The van der Waals surface area contributed by atoms with Crippen molar-refractivity contribution in [2.45, 2.75) is 44.7 Å². The fourth-order valence-corrected chi connectivity index (χ4v) is 2.69. The first-order valence-electron chi connectivity index (χ1n) is 6.96. The first kappa shape index (κ1) is 13.8. The molecule has 1 saturated carbocycles. The van der Waals surface area contributed by atoms with Gasteiger partial charge in [0.15, 0.2) is 0 Å². The maximum atomic E-state index is 9.26. The number of hydrogen-bond acceptors (Lipinski definition) is 4. The molecule has 1 aromatic heterocycles. The first-order valence-corrected chi connectivity index (χ1v) is 6.96. The summed E-state index contributed by atoms with van der Waals surface area (Å²) in [5.41, 5.74) is 1.05. The van der Waals surface area contributed by atoms with Crippen LogP contribution in [0.2, 0.25) is 0 Å². The summed E-state index contributed by atoms with van der Waals surface area (Å²) in [5, 5.41) is 12.8. The largest absolute Gasteiger partial charge is 0.481 e. The molecule has 1 fully saturated rings. The Morgan fingerprint density at radius 3 is 3.05 bits per heavy atom. The second-order valence-corrected chi connectivity index (χ2v) is 5.03. The van der Waals surface area contributed by atoms with Gasteiger partial charge in [0, 0.05) is 24.3 Å². The highest BCUT2D eigenvalue weighted by Crippen LogP contribution is 2.24. The van der Waals surface area contributed by atoms with Crippen molar-refractivity contribution in [2.75, 3.05) is 7.11 Å². The number of pyridine rings is 1.